The molecule has 0 bridgehead atoms. The van der Waals surface area contributed by atoms with Gasteiger partial charge in [-0.15, -0.1) is 0 Å². The first-order valence-electron chi connectivity index (χ1n) is 9.46. The van der Waals surface area contributed by atoms with E-state index < -0.39 is 0 Å². The quantitative estimate of drug-likeness (QED) is 0.565. The number of nitrogens with one attached hydrogen (secondary N) is 2. The minimum atomic E-state index is -0.350. The number of carbonyl (C=O) groups is 1. The number of ether oxygens (including phenoxy) is 2. The Balaban J connectivity index is 2.06. The molecule has 1 amide bonds. The lowest BCUT2D eigenvalue weighted by molar-refractivity contribution is -0.138. The van der Waals surface area contributed by atoms with Gasteiger partial charge in [-0.05, 0) is 31.9 Å². The Bertz CT molecular complexity index is 667. The number of carbonyl (C=O) groups excluding carboxylic acids is 1. The SMILES string of the molecule is CCOc1ccc(NC(=NC)NCC2(C(=O)N(C)C)CCCC2)cc1OC. The Labute approximate surface area is 162 Å². The van der Waals surface area contributed by atoms with E-state index in [4.69, 9.17) is 9.47 Å². The monoisotopic (exact) mass is 376 g/mol. The number of nitrogens with zero attached hydrogens (tertiary/aromatic N) is 2. The van der Waals surface area contributed by atoms with Gasteiger partial charge in [0.25, 0.3) is 0 Å². The summed E-state index contributed by atoms with van der Waals surface area (Å²) in [6, 6.07) is 5.65. The minimum absolute atomic E-state index is 0.186. The first-order valence-corrected chi connectivity index (χ1v) is 9.46. The van der Waals surface area contributed by atoms with Gasteiger partial charge in [0, 0.05) is 39.4 Å². The number of methoxy groups -OCH3 is 1. The molecule has 0 aromatic heterocycles. The fraction of sp³-hybridized carbons (Fsp3) is 0.600. The fourth-order valence-corrected chi connectivity index (χ4v) is 3.58. The number of hydrogen-bond acceptors (Lipinski definition) is 4. The Morgan fingerprint density at radius 1 is 1.26 bits per heavy atom. The molecule has 0 radical (unpaired) electrons. The maximum absolute atomic E-state index is 12.7. The molecule has 1 aliphatic rings. The van der Waals surface area contributed by atoms with Crippen LogP contribution in [0, 0.1) is 5.41 Å². The highest BCUT2D eigenvalue weighted by molar-refractivity contribution is 5.94. The molecule has 0 unspecified atom stereocenters. The first kappa shape index (κ1) is 20.9. The molecule has 2 N–H and O–H groups in total. The van der Waals surface area contributed by atoms with E-state index in [1.54, 1.807) is 19.1 Å². The summed E-state index contributed by atoms with van der Waals surface area (Å²) in [6.45, 7) is 3.08. The second-order valence-corrected chi connectivity index (χ2v) is 7.04. The Morgan fingerprint density at radius 3 is 2.52 bits per heavy atom. The average molecular weight is 377 g/mol. The highest BCUT2D eigenvalue weighted by atomic mass is 16.5. The van der Waals surface area contributed by atoms with Gasteiger partial charge < -0.3 is 25.0 Å². The number of amides is 1. The summed E-state index contributed by atoms with van der Waals surface area (Å²) in [5.74, 6) is 2.17. The number of anilines is 1. The van der Waals surface area contributed by atoms with Crippen LogP contribution in [0.15, 0.2) is 23.2 Å². The summed E-state index contributed by atoms with van der Waals surface area (Å²) in [5, 5.41) is 6.59. The van der Waals surface area contributed by atoms with E-state index in [2.05, 4.69) is 15.6 Å². The molecule has 150 valence electrons. The van der Waals surface area contributed by atoms with Gasteiger partial charge >= 0.3 is 0 Å². The normalized spacial score (nSPS) is 16.0. The van der Waals surface area contributed by atoms with E-state index in [9.17, 15) is 4.79 Å². The fourth-order valence-electron chi connectivity index (χ4n) is 3.58. The van der Waals surface area contributed by atoms with E-state index >= 15 is 0 Å². The van der Waals surface area contributed by atoms with Crippen molar-refractivity contribution < 1.29 is 14.3 Å². The molecule has 0 heterocycles. The van der Waals surface area contributed by atoms with E-state index in [-0.39, 0.29) is 11.3 Å². The number of aliphatic imine (C=N–C) groups is 1. The molecule has 1 aromatic carbocycles. The zero-order valence-corrected chi connectivity index (χ0v) is 17.1. The number of hydrogen-bond donors (Lipinski definition) is 2. The third kappa shape index (κ3) is 5.05. The predicted molar refractivity (Wildman–Crippen MR) is 109 cm³/mol. The molecule has 0 atom stereocenters. The van der Waals surface area contributed by atoms with Crippen LogP contribution in [-0.2, 0) is 4.79 Å². The Kier molecular flexibility index (Phi) is 7.33. The predicted octanol–water partition coefficient (Wildman–Crippen LogP) is 2.73. The Hall–Kier alpha value is -2.44. The largest absolute Gasteiger partial charge is 0.493 e. The van der Waals surface area contributed by atoms with Gasteiger partial charge in [-0.2, -0.15) is 0 Å². The van der Waals surface area contributed by atoms with Gasteiger partial charge in [0.1, 0.15) is 0 Å². The molecule has 1 aliphatic carbocycles. The molecule has 7 heteroatoms. The number of rotatable bonds is 7. The van der Waals surface area contributed by atoms with Crippen LogP contribution >= 0.6 is 0 Å². The third-order valence-corrected chi connectivity index (χ3v) is 4.96. The van der Waals surface area contributed by atoms with Crippen molar-refractivity contribution in [1.29, 1.82) is 0 Å². The summed E-state index contributed by atoms with van der Waals surface area (Å²) in [4.78, 5) is 18.7. The highest BCUT2D eigenvalue weighted by Crippen LogP contribution is 2.39. The maximum Gasteiger partial charge on any atom is 0.230 e. The second-order valence-electron chi connectivity index (χ2n) is 7.04. The molecule has 0 aliphatic heterocycles. The summed E-state index contributed by atoms with van der Waals surface area (Å²) < 4.78 is 10.9. The Morgan fingerprint density at radius 2 is 1.96 bits per heavy atom. The van der Waals surface area contributed by atoms with Crippen molar-refractivity contribution in [2.24, 2.45) is 10.4 Å². The summed E-state index contributed by atoms with van der Waals surface area (Å²) in [5.41, 5.74) is 0.486. The van der Waals surface area contributed by atoms with Gasteiger partial charge in [-0.25, -0.2) is 0 Å². The molecular weight excluding hydrogens is 344 g/mol. The summed E-state index contributed by atoms with van der Waals surface area (Å²) >= 11 is 0. The first-order chi connectivity index (χ1) is 13.0. The molecule has 1 saturated carbocycles. The molecule has 2 rings (SSSR count). The lowest BCUT2D eigenvalue weighted by Crippen LogP contribution is -2.47. The van der Waals surface area contributed by atoms with Crippen LogP contribution in [0.1, 0.15) is 32.6 Å². The molecule has 1 aromatic rings. The summed E-state index contributed by atoms with van der Waals surface area (Å²) in [7, 11) is 6.98. The van der Waals surface area contributed by atoms with Crippen LogP contribution in [0.5, 0.6) is 11.5 Å². The minimum Gasteiger partial charge on any atom is -0.493 e. The van der Waals surface area contributed by atoms with Crippen LogP contribution in [0.2, 0.25) is 0 Å². The lowest BCUT2D eigenvalue weighted by atomic mass is 9.84. The molecular formula is C20H32N4O3. The van der Waals surface area contributed by atoms with Gasteiger partial charge in [-0.3, -0.25) is 9.79 Å². The third-order valence-electron chi connectivity index (χ3n) is 4.96. The van der Waals surface area contributed by atoms with Crippen LogP contribution in [0.25, 0.3) is 0 Å². The van der Waals surface area contributed by atoms with E-state index in [1.165, 1.54) is 0 Å². The van der Waals surface area contributed by atoms with Crippen LogP contribution < -0.4 is 20.1 Å². The van der Waals surface area contributed by atoms with Crippen molar-refractivity contribution in [2.75, 3.05) is 46.7 Å². The standard InChI is InChI=1S/C20H32N4O3/c1-6-27-16-10-9-15(13-17(16)26-5)23-19(21-2)22-14-20(11-7-8-12-20)18(25)24(3)4/h9-10,13H,6-8,11-12,14H2,1-5H3,(H2,21,22,23). The van der Waals surface area contributed by atoms with Crippen LogP contribution in [0.3, 0.4) is 0 Å². The van der Waals surface area contributed by atoms with Gasteiger partial charge in [-0.1, -0.05) is 12.8 Å². The van der Waals surface area contributed by atoms with Gasteiger partial charge in [0.15, 0.2) is 17.5 Å². The van der Waals surface area contributed by atoms with Crippen molar-refractivity contribution in [3.63, 3.8) is 0 Å². The van der Waals surface area contributed by atoms with Crippen LogP contribution in [0.4, 0.5) is 5.69 Å². The zero-order chi connectivity index (χ0) is 19.9. The van der Waals surface area contributed by atoms with Crippen molar-refractivity contribution >= 4 is 17.6 Å². The van der Waals surface area contributed by atoms with Crippen LogP contribution in [-0.4, -0.2) is 58.2 Å². The highest BCUT2D eigenvalue weighted by Gasteiger charge is 2.42. The maximum atomic E-state index is 12.7. The zero-order valence-electron chi connectivity index (χ0n) is 17.1. The van der Waals surface area contributed by atoms with E-state index in [1.807, 2.05) is 39.2 Å². The molecule has 0 spiro atoms. The molecule has 27 heavy (non-hydrogen) atoms. The van der Waals surface area contributed by atoms with Gasteiger partial charge in [0.05, 0.1) is 19.1 Å². The second kappa shape index (κ2) is 9.48. The summed E-state index contributed by atoms with van der Waals surface area (Å²) in [6.07, 6.45) is 3.99. The smallest absolute Gasteiger partial charge is 0.230 e. The van der Waals surface area contributed by atoms with Crippen molar-refractivity contribution in [3.8, 4) is 11.5 Å². The van der Waals surface area contributed by atoms with Crippen molar-refractivity contribution in [1.82, 2.24) is 10.2 Å². The molecule has 0 saturated heterocycles. The van der Waals surface area contributed by atoms with E-state index in [0.717, 1.165) is 31.4 Å². The van der Waals surface area contributed by atoms with Crippen molar-refractivity contribution in [3.05, 3.63) is 18.2 Å². The van der Waals surface area contributed by atoms with E-state index in [0.29, 0.717) is 30.6 Å². The van der Waals surface area contributed by atoms with Gasteiger partial charge in [0.2, 0.25) is 5.91 Å². The average Bonchev–Trinajstić information content (AvgIpc) is 3.15. The number of benzene rings is 1. The number of guanidine groups is 1. The molecule has 1 fully saturated rings. The lowest BCUT2D eigenvalue weighted by Gasteiger charge is -2.31. The van der Waals surface area contributed by atoms with Crippen molar-refractivity contribution in [2.45, 2.75) is 32.6 Å². The topological polar surface area (TPSA) is 75.2 Å². The molecule has 7 nitrogen and oxygen atoms in total.